The SMILES string of the molecule is CN1C2=CC=CC(Br)(C#N)C2=C(c2ccn[nH]2)N1C. The van der Waals surface area contributed by atoms with Gasteiger partial charge in [0.15, 0.2) is 4.32 Å². The highest BCUT2D eigenvalue weighted by atomic mass is 79.9. The Morgan fingerprint density at radius 3 is 2.84 bits per heavy atom. The minimum absolute atomic E-state index is 0.809. The van der Waals surface area contributed by atoms with Crippen LogP contribution in [-0.4, -0.2) is 38.6 Å². The lowest BCUT2D eigenvalue weighted by atomic mass is 9.91. The van der Waals surface area contributed by atoms with Gasteiger partial charge in [-0.05, 0) is 18.2 Å². The van der Waals surface area contributed by atoms with Crippen molar-refractivity contribution in [2.24, 2.45) is 0 Å². The number of hydrazine groups is 1. The van der Waals surface area contributed by atoms with E-state index in [9.17, 15) is 5.26 Å². The van der Waals surface area contributed by atoms with Crippen LogP contribution in [0.3, 0.4) is 0 Å². The second-order valence-corrected chi connectivity index (χ2v) is 5.73. The Hall–Kier alpha value is -2.00. The van der Waals surface area contributed by atoms with E-state index in [1.54, 1.807) is 6.20 Å². The smallest absolute Gasteiger partial charge is 0.159 e. The molecule has 3 rings (SSSR count). The molecule has 1 aliphatic heterocycles. The molecule has 0 amide bonds. The van der Waals surface area contributed by atoms with Crippen LogP contribution in [0.2, 0.25) is 0 Å². The fourth-order valence-corrected chi connectivity index (χ4v) is 3.00. The highest BCUT2D eigenvalue weighted by Gasteiger charge is 2.43. The molecule has 19 heavy (non-hydrogen) atoms. The van der Waals surface area contributed by atoms with Crippen LogP contribution in [0.15, 0.2) is 41.8 Å². The van der Waals surface area contributed by atoms with Gasteiger partial charge in [0.25, 0.3) is 0 Å². The zero-order valence-electron chi connectivity index (χ0n) is 10.6. The summed E-state index contributed by atoms with van der Waals surface area (Å²) < 4.78 is -0.809. The number of aromatic nitrogens is 2. The maximum atomic E-state index is 9.51. The van der Waals surface area contributed by atoms with Crippen LogP contribution in [0.4, 0.5) is 0 Å². The Morgan fingerprint density at radius 2 is 2.21 bits per heavy atom. The first-order valence-electron chi connectivity index (χ1n) is 5.80. The number of fused-ring (bicyclic) bond motifs is 1. The van der Waals surface area contributed by atoms with E-state index >= 15 is 0 Å². The summed E-state index contributed by atoms with van der Waals surface area (Å²) in [7, 11) is 3.94. The van der Waals surface area contributed by atoms with E-state index in [0.717, 1.165) is 22.7 Å². The number of alkyl halides is 1. The number of nitrogens with zero attached hydrogens (tertiary/aromatic N) is 4. The van der Waals surface area contributed by atoms with Gasteiger partial charge < -0.3 is 0 Å². The van der Waals surface area contributed by atoms with E-state index in [1.807, 2.05) is 48.4 Å². The van der Waals surface area contributed by atoms with E-state index in [1.165, 1.54) is 0 Å². The number of hydrogen-bond donors (Lipinski definition) is 1. The van der Waals surface area contributed by atoms with Crippen LogP contribution >= 0.6 is 15.9 Å². The average Bonchev–Trinajstić information content (AvgIpc) is 3.00. The molecule has 5 nitrogen and oxygen atoms in total. The monoisotopic (exact) mass is 317 g/mol. The lowest BCUT2D eigenvalue weighted by Crippen LogP contribution is -2.29. The topological polar surface area (TPSA) is 59.0 Å². The molecule has 1 aliphatic carbocycles. The van der Waals surface area contributed by atoms with Crippen molar-refractivity contribution < 1.29 is 0 Å². The molecule has 96 valence electrons. The van der Waals surface area contributed by atoms with Gasteiger partial charge in [-0.1, -0.05) is 22.0 Å². The first kappa shape index (κ1) is 12.1. The number of likely N-dealkylation sites (N-methyl/N-ethyl adjacent to an activating group) is 1. The first-order chi connectivity index (χ1) is 9.08. The summed E-state index contributed by atoms with van der Waals surface area (Å²) in [5.74, 6) is 0. The normalized spacial score (nSPS) is 25.5. The van der Waals surface area contributed by atoms with Crippen LogP contribution in [0.5, 0.6) is 0 Å². The third-order valence-electron chi connectivity index (χ3n) is 3.48. The standard InChI is InChI=1S/C13H12BrN5/c1-18-10-4-3-6-13(14,8-15)11(10)12(19(18)2)9-5-7-16-17-9/h3-7H,1-2H3,(H,16,17). The predicted octanol–water partition coefficient (Wildman–Crippen LogP) is 2.02. The van der Waals surface area contributed by atoms with Gasteiger partial charge in [-0.2, -0.15) is 10.4 Å². The summed E-state index contributed by atoms with van der Waals surface area (Å²) in [6, 6.07) is 4.23. The highest BCUT2D eigenvalue weighted by molar-refractivity contribution is 9.10. The molecular formula is C13H12BrN5. The molecular weight excluding hydrogens is 306 g/mol. The van der Waals surface area contributed by atoms with Gasteiger partial charge in [0.2, 0.25) is 0 Å². The number of hydrogen-bond acceptors (Lipinski definition) is 4. The summed E-state index contributed by atoms with van der Waals surface area (Å²) in [5.41, 5.74) is 3.79. The number of rotatable bonds is 1. The van der Waals surface area contributed by atoms with Gasteiger partial charge in [-0.15, -0.1) is 0 Å². The summed E-state index contributed by atoms with van der Waals surface area (Å²) in [6.45, 7) is 0. The van der Waals surface area contributed by atoms with Crippen molar-refractivity contribution in [2.75, 3.05) is 14.1 Å². The zero-order chi connectivity index (χ0) is 13.6. The molecule has 1 aromatic heterocycles. The summed E-state index contributed by atoms with van der Waals surface area (Å²) >= 11 is 3.55. The van der Waals surface area contributed by atoms with Crippen molar-refractivity contribution >= 4 is 21.6 Å². The second-order valence-electron chi connectivity index (χ2n) is 4.48. The number of aromatic amines is 1. The largest absolute Gasteiger partial charge is 0.288 e. The lowest BCUT2D eigenvalue weighted by molar-refractivity contribution is 0.161. The minimum atomic E-state index is -0.809. The number of allylic oxidation sites excluding steroid dienone is 4. The van der Waals surface area contributed by atoms with Gasteiger partial charge >= 0.3 is 0 Å². The maximum Gasteiger partial charge on any atom is 0.159 e. The fourth-order valence-electron chi connectivity index (χ4n) is 2.45. The summed E-state index contributed by atoms with van der Waals surface area (Å²) in [5, 5.41) is 20.5. The Morgan fingerprint density at radius 1 is 1.42 bits per heavy atom. The quantitative estimate of drug-likeness (QED) is 0.805. The van der Waals surface area contributed by atoms with Gasteiger partial charge in [0.1, 0.15) is 0 Å². The van der Waals surface area contributed by atoms with Crippen molar-refractivity contribution in [2.45, 2.75) is 4.32 Å². The van der Waals surface area contributed by atoms with Crippen LogP contribution < -0.4 is 0 Å². The fraction of sp³-hybridized carbons (Fsp3) is 0.231. The van der Waals surface area contributed by atoms with Gasteiger partial charge in [0.05, 0.1) is 23.2 Å². The van der Waals surface area contributed by atoms with Crippen LogP contribution in [-0.2, 0) is 0 Å². The van der Waals surface area contributed by atoms with E-state index in [-0.39, 0.29) is 0 Å². The Balaban J connectivity index is 2.29. The molecule has 0 saturated carbocycles. The lowest BCUT2D eigenvalue weighted by Gasteiger charge is -2.27. The molecule has 6 heteroatoms. The van der Waals surface area contributed by atoms with Crippen LogP contribution in [0, 0.1) is 11.3 Å². The number of nitriles is 1. The highest BCUT2D eigenvalue weighted by Crippen LogP contribution is 2.47. The van der Waals surface area contributed by atoms with Crippen molar-refractivity contribution in [3.63, 3.8) is 0 Å². The second kappa shape index (κ2) is 4.00. The Kier molecular flexibility index (Phi) is 2.54. The van der Waals surface area contributed by atoms with Crippen molar-refractivity contribution in [3.05, 3.63) is 47.5 Å². The molecule has 0 saturated heterocycles. The zero-order valence-corrected chi connectivity index (χ0v) is 12.1. The molecule has 2 aliphatic rings. The first-order valence-corrected chi connectivity index (χ1v) is 6.60. The molecule has 0 aromatic carbocycles. The Labute approximate surface area is 119 Å². The summed E-state index contributed by atoms with van der Waals surface area (Å²) in [4.78, 5) is 0. The number of nitrogens with one attached hydrogen (secondary N) is 1. The third-order valence-corrected chi connectivity index (χ3v) is 4.32. The number of halogens is 1. The molecule has 1 unspecified atom stereocenters. The van der Waals surface area contributed by atoms with Crippen molar-refractivity contribution in [3.8, 4) is 6.07 Å². The summed E-state index contributed by atoms with van der Waals surface area (Å²) in [6.07, 6.45) is 7.47. The number of H-pyrrole nitrogens is 1. The Bertz CT molecular complexity index is 649. The van der Waals surface area contributed by atoms with Crippen molar-refractivity contribution in [1.29, 1.82) is 5.26 Å². The molecule has 0 fully saturated rings. The van der Waals surface area contributed by atoms with Gasteiger partial charge in [0, 0.05) is 25.9 Å². The predicted molar refractivity (Wildman–Crippen MR) is 75.5 cm³/mol. The van der Waals surface area contributed by atoms with Crippen molar-refractivity contribution in [1.82, 2.24) is 20.2 Å². The van der Waals surface area contributed by atoms with Gasteiger partial charge in [-0.3, -0.25) is 15.1 Å². The maximum absolute atomic E-state index is 9.51. The van der Waals surface area contributed by atoms with E-state index < -0.39 is 4.32 Å². The molecule has 1 aromatic rings. The average molecular weight is 318 g/mol. The third kappa shape index (κ3) is 1.55. The van der Waals surface area contributed by atoms with E-state index in [0.29, 0.717) is 0 Å². The van der Waals surface area contributed by atoms with Crippen LogP contribution in [0.25, 0.3) is 5.70 Å². The van der Waals surface area contributed by atoms with E-state index in [2.05, 4.69) is 32.2 Å². The molecule has 1 N–H and O–H groups in total. The minimum Gasteiger partial charge on any atom is -0.288 e. The molecule has 1 atom stereocenters. The van der Waals surface area contributed by atoms with Gasteiger partial charge in [-0.25, -0.2) is 0 Å². The molecule has 0 radical (unpaired) electrons. The molecule has 0 spiro atoms. The molecule has 2 heterocycles. The van der Waals surface area contributed by atoms with E-state index in [4.69, 9.17) is 0 Å². The molecule has 0 bridgehead atoms. The van der Waals surface area contributed by atoms with Crippen LogP contribution in [0.1, 0.15) is 5.69 Å².